The van der Waals surface area contributed by atoms with E-state index in [1.807, 2.05) is 22.9 Å². The Morgan fingerprint density at radius 2 is 1.96 bits per heavy atom. The standard InChI is InChI=1S/C19H25N5O/c1-2-22-10-7-17(8-11-22)24(16-4-5-16)19(25)15-3-6-18(21-13-15)23-12-9-20-14-23/h3,6,9,12-14,16-17H,2,4-5,7-8,10-11H2,1H3. The van der Waals surface area contributed by atoms with E-state index >= 15 is 0 Å². The minimum absolute atomic E-state index is 0.141. The smallest absolute Gasteiger partial charge is 0.255 e. The van der Waals surface area contributed by atoms with Gasteiger partial charge in [0.25, 0.3) is 5.91 Å². The number of hydrogen-bond acceptors (Lipinski definition) is 4. The fourth-order valence-electron chi connectivity index (χ4n) is 3.71. The minimum Gasteiger partial charge on any atom is -0.333 e. The summed E-state index contributed by atoms with van der Waals surface area (Å²) in [5.74, 6) is 0.922. The molecular formula is C19H25N5O. The molecule has 1 saturated carbocycles. The summed E-state index contributed by atoms with van der Waals surface area (Å²) in [7, 11) is 0. The average Bonchev–Trinajstić information content (AvgIpc) is 3.34. The van der Waals surface area contributed by atoms with Crippen LogP contribution in [0.3, 0.4) is 0 Å². The molecule has 2 aromatic heterocycles. The van der Waals surface area contributed by atoms with E-state index in [4.69, 9.17) is 0 Å². The zero-order valence-corrected chi connectivity index (χ0v) is 14.7. The molecule has 0 N–H and O–H groups in total. The Bertz CT molecular complexity index is 700. The second-order valence-electron chi connectivity index (χ2n) is 6.98. The fourth-order valence-corrected chi connectivity index (χ4v) is 3.71. The van der Waals surface area contributed by atoms with Gasteiger partial charge >= 0.3 is 0 Å². The van der Waals surface area contributed by atoms with Gasteiger partial charge in [-0.2, -0.15) is 0 Å². The molecule has 6 heteroatoms. The van der Waals surface area contributed by atoms with Crippen molar-refractivity contribution in [2.24, 2.45) is 0 Å². The van der Waals surface area contributed by atoms with E-state index in [0.717, 1.165) is 51.1 Å². The van der Waals surface area contributed by atoms with Crippen molar-refractivity contribution < 1.29 is 4.79 Å². The molecule has 0 atom stereocenters. The van der Waals surface area contributed by atoms with Gasteiger partial charge in [0.2, 0.25) is 0 Å². The van der Waals surface area contributed by atoms with Crippen molar-refractivity contribution >= 4 is 5.91 Å². The Balaban J connectivity index is 1.49. The van der Waals surface area contributed by atoms with Gasteiger partial charge in [-0.3, -0.25) is 9.36 Å². The van der Waals surface area contributed by atoms with Gasteiger partial charge in [-0.25, -0.2) is 9.97 Å². The first kappa shape index (κ1) is 16.3. The number of pyridine rings is 1. The molecular weight excluding hydrogens is 314 g/mol. The van der Waals surface area contributed by atoms with E-state index in [-0.39, 0.29) is 5.91 Å². The lowest BCUT2D eigenvalue weighted by molar-refractivity contribution is 0.0554. The molecule has 0 unspecified atom stereocenters. The maximum atomic E-state index is 13.1. The third-order valence-corrected chi connectivity index (χ3v) is 5.34. The van der Waals surface area contributed by atoms with Crippen LogP contribution in [0.1, 0.15) is 43.0 Å². The van der Waals surface area contributed by atoms with Crippen LogP contribution in [0.4, 0.5) is 0 Å². The first-order valence-corrected chi connectivity index (χ1v) is 9.25. The second-order valence-corrected chi connectivity index (χ2v) is 6.98. The van der Waals surface area contributed by atoms with Crippen LogP contribution in [0.25, 0.3) is 5.82 Å². The number of imidazole rings is 1. The van der Waals surface area contributed by atoms with Crippen molar-refractivity contribution in [1.29, 1.82) is 0 Å². The lowest BCUT2D eigenvalue weighted by Crippen LogP contribution is -2.48. The van der Waals surface area contributed by atoms with Crippen LogP contribution < -0.4 is 0 Å². The molecule has 0 aromatic carbocycles. The molecule has 0 radical (unpaired) electrons. The summed E-state index contributed by atoms with van der Waals surface area (Å²) in [6.07, 6.45) is 11.4. The SMILES string of the molecule is CCN1CCC(N(C(=O)c2ccc(-n3ccnc3)nc2)C2CC2)CC1. The summed E-state index contributed by atoms with van der Waals surface area (Å²) in [5, 5.41) is 0. The predicted octanol–water partition coefficient (Wildman–Crippen LogP) is 2.36. The highest BCUT2D eigenvalue weighted by atomic mass is 16.2. The largest absolute Gasteiger partial charge is 0.333 e. The van der Waals surface area contributed by atoms with Gasteiger partial charge in [-0.05, 0) is 44.4 Å². The lowest BCUT2D eigenvalue weighted by Gasteiger charge is -2.38. The van der Waals surface area contributed by atoms with Crippen LogP contribution >= 0.6 is 0 Å². The molecule has 6 nitrogen and oxygen atoms in total. The van der Waals surface area contributed by atoms with Gasteiger partial charge in [0.15, 0.2) is 0 Å². The van der Waals surface area contributed by atoms with E-state index in [1.54, 1.807) is 18.7 Å². The number of carbonyl (C=O) groups excluding carboxylic acids is 1. The Labute approximate surface area is 148 Å². The highest BCUT2D eigenvalue weighted by molar-refractivity contribution is 5.94. The first-order chi connectivity index (χ1) is 12.3. The fraction of sp³-hybridized carbons (Fsp3) is 0.526. The van der Waals surface area contributed by atoms with Crippen LogP contribution in [0.15, 0.2) is 37.1 Å². The maximum Gasteiger partial charge on any atom is 0.255 e. The summed E-state index contributed by atoms with van der Waals surface area (Å²) in [4.78, 5) is 26.2. The summed E-state index contributed by atoms with van der Waals surface area (Å²) in [6.45, 7) is 5.49. The van der Waals surface area contributed by atoms with Crippen molar-refractivity contribution in [3.8, 4) is 5.82 Å². The van der Waals surface area contributed by atoms with Crippen LogP contribution in [-0.4, -0.2) is 62.0 Å². The Hall–Kier alpha value is -2.21. The molecule has 2 fully saturated rings. The van der Waals surface area contributed by atoms with Crippen molar-refractivity contribution in [2.75, 3.05) is 19.6 Å². The number of piperidine rings is 1. The van der Waals surface area contributed by atoms with Crippen molar-refractivity contribution in [3.63, 3.8) is 0 Å². The van der Waals surface area contributed by atoms with E-state index < -0.39 is 0 Å². The minimum atomic E-state index is 0.141. The molecule has 3 heterocycles. The highest BCUT2D eigenvalue weighted by Crippen LogP contribution is 2.33. The third-order valence-electron chi connectivity index (χ3n) is 5.34. The second kappa shape index (κ2) is 6.96. The number of rotatable bonds is 5. The molecule has 132 valence electrons. The molecule has 1 amide bonds. The third kappa shape index (κ3) is 3.44. The Morgan fingerprint density at radius 1 is 1.20 bits per heavy atom. The molecule has 2 aromatic rings. The van der Waals surface area contributed by atoms with Crippen molar-refractivity contribution in [1.82, 2.24) is 24.3 Å². The topological polar surface area (TPSA) is 54.3 Å². The monoisotopic (exact) mass is 339 g/mol. The molecule has 25 heavy (non-hydrogen) atoms. The highest BCUT2D eigenvalue weighted by Gasteiger charge is 2.38. The van der Waals surface area contributed by atoms with Crippen LogP contribution in [0.5, 0.6) is 0 Å². The molecule has 4 rings (SSSR count). The summed E-state index contributed by atoms with van der Waals surface area (Å²) in [6, 6.07) is 4.58. The van der Waals surface area contributed by atoms with Crippen LogP contribution in [0.2, 0.25) is 0 Å². The quantitative estimate of drug-likeness (QED) is 0.839. The molecule has 0 bridgehead atoms. The molecule has 0 spiro atoms. The normalized spacial score (nSPS) is 19.1. The van der Waals surface area contributed by atoms with Gasteiger partial charge in [-0.15, -0.1) is 0 Å². The molecule has 1 saturated heterocycles. The van der Waals surface area contributed by atoms with Crippen LogP contribution in [-0.2, 0) is 0 Å². The maximum absolute atomic E-state index is 13.1. The number of hydrogen-bond donors (Lipinski definition) is 0. The van der Waals surface area contributed by atoms with Gasteiger partial charge in [0.05, 0.1) is 5.56 Å². The number of nitrogens with zero attached hydrogens (tertiary/aromatic N) is 5. The summed E-state index contributed by atoms with van der Waals surface area (Å²) >= 11 is 0. The number of carbonyl (C=O) groups is 1. The van der Waals surface area contributed by atoms with E-state index in [1.165, 1.54) is 0 Å². The first-order valence-electron chi connectivity index (χ1n) is 9.25. The van der Waals surface area contributed by atoms with E-state index in [2.05, 4.69) is 26.7 Å². The van der Waals surface area contributed by atoms with Crippen LogP contribution in [0, 0.1) is 0 Å². The Morgan fingerprint density at radius 3 is 2.52 bits per heavy atom. The van der Waals surface area contributed by atoms with Crippen molar-refractivity contribution in [3.05, 3.63) is 42.6 Å². The van der Waals surface area contributed by atoms with E-state index in [9.17, 15) is 4.79 Å². The predicted molar refractivity (Wildman–Crippen MR) is 95.7 cm³/mol. The summed E-state index contributed by atoms with van der Waals surface area (Å²) in [5.41, 5.74) is 0.689. The average molecular weight is 339 g/mol. The zero-order chi connectivity index (χ0) is 17.2. The van der Waals surface area contributed by atoms with Gasteiger partial charge < -0.3 is 9.80 Å². The molecule has 1 aliphatic carbocycles. The zero-order valence-electron chi connectivity index (χ0n) is 14.7. The van der Waals surface area contributed by atoms with Gasteiger partial charge in [0.1, 0.15) is 12.1 Å². The van der Waals surface area contributed by atoms with Gasteiger partial charge in [0, 0.05) is 43.8 Å². The summed E-state index contributed by atoms with van der Waals surface area (Å²) < 4.78 is 1.84. The number of aromatic nitrogens is 3. The number of likely N-dealkylation sites (tertiary alicyclic amines) is 1. The van der Waals surface area contributed by atoms with E-state index in [0.29, 0.717) is 17.6 Å². The van der Waals surface area contributed by atoms with Crippen molar-refractivity contribution in [2.45, 2.75) is 44.7 Å². The molecule has 1 aliphatic heterocycles. The van der Waals surface area contributed by atoms with Gasteiger partial charge in [-0.1, -0.05) is 6.92 Å². The lowest BCUT2D eigenvalue weighted by atomic mass is 10.0. The Kier molecular flexibility index (Phi) is 4.53. The number of amides is 1. The molecule has 2 aliphatic rings.